The van der Waals surface area contributed by atoms with E-state index in [2.05, 4.69) is 15.2 Å². The van der Waals surface area contributed by atoms with Gasteiger partial charge in [0.1, 0.15) is 12.2 Å². The van der Waals surface area contributed by atoms with Crippen molar-refractivity contribution in [1.29, 1.82) is 0 Å². The highest BCUT2D eigenvalue weighted by Gasteiger charge is 2.25. The van der Waals surface area contributed by atoms with Gasteiger partial charge in [-0.3, -0.25) is 4.79 Å². The first-order valence-electron chi connectivity index (χ1n) is 9.22. The average Bonchev–Trinajstić information content (AvgIpc) is 3.22. The molecule has 4 rings (SSSR count). The normalized spacial score (nSPS) is 20.4. The van der Waals surface area contributed by atoms with Crippen LogP contribution in [0.4, 0.5) is 0 Å². The van der Waals surface area contributed by atoms with Crippen LogP contribution in [0.25, 0.3) is 0 Å². The molecular formula is C19H22N4O3S. The molecule has 0 N–H and O–H groups in total. The van der Waals surface area contributed by atoms with Crippen molar-refractivity contribution >= 4 is 17.7 Å². The number of nitrogens with zero attached hydrogens (tertiary/aromatic N) is 4. The van der Waals surface area contributed by atoms with E-state index >= 15 is 0 Å². The highest BCUT2D eigenvalue weighted by Crippen LogP contribution is 2.23. The molecule has 2 aliphatic rings. The Morgan fingerprint density at radius 3 is 2.59 bits per heavy atom. The first-order valence-corrected chi connectivity index (χ1v) is 10.4. The van der Waals surface area contributed by atoms with Gasteiger partial charge in [0.05, 0.1) is 5.56 Å². The van der Waals surface area contributed by atoms with Gasteiger partial charge in [0.25, 0.3) is 5.91 Å². The minimum absolute atomic E-state index is 0.00317. The zero-order chi connectivity index (χ0) is 18.5. The number of hydrogen-bond donors (Lipinski definition) is 0. The molecular weight excluding hydrogens is 364 g/mol. The average molecular weight is 386 g/mol. The Bertz CT molecular complexity index is 745. The molecule has 2 saturated heterocycles. The summed E-state index contributed by atoms with van der Waals surface area (Å²) in [6.45, 7) is 1.31. The van der Waals surface area contributed by atoms with Gasteiger partial charge in [-0.1, -0.05) is 0 Å². The Morgan fingerprint density at radius 2 is 1.93 bits per heavy atom. The molecule has 2 aliphatic heterocycles. The van der Waals surface area contributed by atoms with Crippen LogP contribution in [0.5, 0.6) is 11.8 Å². The van der Waals surface area contributed by atoms with Crippen molar-refractivity contribution < 1.29 is 14.3 Å². The summed E-state index contributed by atoms with van der Waals surface area (Å²) in [5.74, 6) is 3.27. The van der Waals surface area contributed by atoms with Gasteiger partial charge in [-0.15, -0.1) is 5.10 Å². The molecule has 0 radical (unpaired) electrons. The lowest BCUT2D eigenvalue weighted by Crippen LogP contribution is -2.41. The molecule has 0 unspecified atom stereocenters. The molecule has 2 fully saturated rings. The zero-order valence-electron chi connectivity index (χ0n) is 15.0. The second-order valence-electron chi connectivity index (χ2n) is 6.66. The van der Waals surface area contributed by atoms with Gasteiger partial charge in [0.2, 0.25) is 11.8 Å². The highest BCUT2D eigenvalue weighted by atomic mass is 32.2. The monoisotopic (exact) mass is 386 g/mol. The van der Waals surface area contributed by atoms with E-state index in [1.807, 2.05) is 16.7 Å². The predicted octanol–water partition coefficient (Wildman–Crippen LogP) is 2.44. The van der Waals surface area contributed by atoms with Crippen molar-refractivity contribution in [3.63, 3.8) is 0 Å². The summed E-state index contributed by atoms with van der Waals surface area (Å²) in [5, 5.41) is 7.76. The summed E-state index contributed by atoms with van der Waals surface area (Å²) >= 11 is 1.90. The number of ether oxygens (including phenoxy) is 2. The lowest BCUT2D eigenvalue weighted by Gasteiger charge is -2.31. The van der Waals surface area contributed by atoms with E-state index in [1.54, 1.807) is 36.7 Å². The molecule has 0 aromatic carbocycles. The fourth-order valence-electron chi connectivity index (χ4n) is 3.23. The summed E-state index contributed by atoms with van der Waals surface area (Å²) in [5.41, 5.74) is 0.594. The van der Waals surface area contributed by atoms with Crippen LogP contribution in [0.3, 0.4) is 0 Å². The number of likely N-dealkylation sites (tertiary alicyclic amines) is 1. The second-order valence-corrected chi connectivity index (χ2v) is 7.81. The van der Waals surface area contributed by atoms with Crippen LogP contribution >= 0.6 is 11.8 Å². The van der Waals surface area contributed by atoms with Crippen molar-refractivity contribution in [3.8, 4) is 11.8 Å². The SMILES string of the molecule is O=C(c1ccc(O[C@@H]2CCSC2)nc1)N1CCC(Oc2cccnn2)CC1. The fourth-order valence-corrected chi connectivity index (χ4v) is 4.33. The first kappa shape index (κ1) is 18.0. The minimum Gasteiger partial charge on any atom is -0.473 e. The lowest BCUT2D eigenvalue weighted by molar-refractivity contribution is 0.0585. The summed E-state index contributed by atoms with van der Waals surface area (Å²) in [4.78, 5) is 18.9. The van der Waals surface area contributed by atoms with Crippen molar-refractivity contribution in [2.75, 3.05) is 24.6 Å². The maximum atomic E-state index is 12.7. The Labute approximate surface area is 162 Å². The highest BCUT2D eigenvalue weighted by molar-refractivity contribution is 7.99. The molecule has 27 heavy (non-hydrogen) atoms. The van der Waals surface area contributed by atoms with Crippen LogP contribution in [0.15, 0.2) is 36.7 Å². The smallest absolute Gasteiger partial charge is 0.255 e. The quantitative estimate of drug-likeness (QED) is 0.781. The molecule has 2 aromatic heterocycles. The molecule has 1 atom stereocenters. The van der Waals surface area contributed by atoms with Gasteiger partial charge >= 0.3 is 0 Å². The van der Waals surface area contributed by atoms with Gasteiger partial charge in [0, 0.05) is 56.2 Å². The summed E-state index contributed by atoms with van der Waals surface area (Å²) in [6, 6.07) is 7.19. The van der Waals surface area contributed by atoms with Crippen LogP contribution in [-0.2, 0) is 0 Å². The molecule has 8 heteroatoms. The van der Waals surface area contributed by atoms with Gasteiger partial charge < -0.3 is 14.4 Å². The van der Waals surface area contributed by atoms with Gasteiger partial charge in [-0.05, 0) is 24.3 Å². The van der Waals surface area contributed by atoms with Crippen LogP contribution in [0.2, 0.25) is 0 Å². The van der Waals surface area contributed by atoms with Crippen LogP contribution in [-0.4, -0.2) is 62.8 Å². The van der Waals surface area contributed by atoms with E-state index < -0.39 is 0 Å². The van der Waals surface area contributed by atoms with E-state index in [4.69, 9.17) is 9.47 Å². The number of hydrogen-bond acceptors (Lipinski definition) is 7. The van der Waals surface area contributed by atoms with Crippen molar-refractivity contribution in [1.82, 2.24) is 20.1 Å². The topological polar surface area (TPSA) is 77.4 Å². The largest absolute Gasteiger partial charge is 0.473 e. The van der Waals surface area contributed by atoms with Gasteiger partial charge in [0.15, 0.2) is 0 Å². The second kappa shape index (κ2) is 8.56. The van der Waals surface area contributed by atoms with E-state index in [-0.39, 0.29) is 18.1 Å². The molecule has 0 spiro atoms. The third kappa shape index (κ3) is 4.68. The summed E-state index contributed by atoms with van der Waals surface area (Å²) < 4.78 is 11.7. The molecule has 0 aliphatic carbocycles. The molecule has 2 aromatic rings. The number of piperidine rings is 1. The molecule has 4 heterocycles. The number of amides is 1. The summed E-state index contributed by atoms with van der Waals surface area (Å²) in [7, 11) is 0. The number of carbonyl (C=O) groups excluding carboxylic acids is 1. The molecule has 1 amide bonds. The number of pyridine rings is 1. The van der Waals surface area contributed by atoms with Crippen LogP contribution in [0.1, 0.15) is 29.6 Å². The maximum Gasteiger partial charge on any atom is 0.255 e. The van der Waals surface area contributed by atoms with Crippen LogP contribution < -0.4 is 9.47 Å². The Morgan fingerprint density at radius 1 is 1.07 bits per heavy atom. The maximum absolute atomic E-state index is 12.7. The van der Waals surface area contributed by atoms with Gasteiger partial charge in [-0.2, -0.15) is 16.9 Å². The Kier molecular flexibility index (Phi) is 5.72. The third-order valence-electron chi connectivity index (χ3n) is 4.72. The molecule has 7 nitrogen and oxygen atoms in total. The van der Waals surface area contributed by atoms with Crippen molar-refractivity contribution in [2.45, 2.75) is 31.5 Å². The van der Waals surface area contributed by atoms with E-state index in [1.165, 1.54) is 0 Å². The fraction of sp³-hybridized carbons (Fsp3) is 0.474. The first-order chi connectivity index (χ1) is 13.3. The van der Waals surface area contributed by atoms with Crippen molar-refractivity contribution in [2.24, 2.45) is 0 Å². The molecule has 0 bridgehead atoms. The van der Waals surface area contributed by atoms with E-state index in [0.717, 1.165) is 30.8 Å². The molecule has 0 saturated carbocycles. The molecule has 142 valence electrons. The number of thioether (sulfide) groups is 1. The van der Waals surface area contributed by atoms with Crippen molar-refractivity contribution in [3.05, 3.63) is 42.2 Å². The third-order valence-corrected chi connectivity index (χ3v) is 5.85. The van der Waals surface area contributed by atoms with Gasteiger partial charge in [-0.25, -0.2) is 4.98 Å². The summed E-state index contributed by atoms with van der Waals surface area (Å²) in [6.07, 6.45) is 6.12. The van der Waals surface area contributed by atoms with E-state index in [0.29, 0.717) is 30.4 Å². The lowest BCUT2D eigenvalue weighted by atomic mass is 10.1. The Hall–Kier alpha value is -2.35. The number of aromatic nitrogens is 3. The van der Waals surface area contributed by atoms with Crippen LogP contribution in [0, 0.1) is 0 Å². The Balaban J connectivity index is 1.28. The predicted molar refractivity (Wildman–Crippen MR) is 102 cm³/mol. The number of carbonyl (C=O) groups is 1. The standard InChI is InChI=1S/C19H22N4O3S/c24-19(14-3-4-17(20-12-14)26-16-7-11-27-13-16)23-9-5-15(6-10-23)25-18-2-1-8-21-22-18/h1-4,8,12,15-16H,5-7,9-11,13H2/t16-/m1/s1. The zero-order valence-corrected chi connectivity index (χ0v) is 15.8. The van der Waals surface area contributed by atoms with E-state index in [9.17, 15) is 4.79 Å². The number of rotatable bonds is 5. The minimum atomic E-state index is 0.00317.